The van der Waals surface area contributed by atoms with Crippen molar-refractivity contribution in [1.82, 2.24) is 5.32 Å². The van der Waals surface area contributed by atoms with Crippen molar-refractivity contribution in [3.05, 3.63) is 23.8 Å². The fourth-order valence-corrected chi connectivity index (χ4v) is 2.84. The number of nitrogens with one attached hydrogen (secondary N) is 1. The third-order valence-electron chi connectivity index (χ3n) is 2.50. The van der Waals surface area contributed by atoms with Crippen LogP contribution in [0, 0.1) is 6.92 Å². The topological polar surface area (TPSA) is 89.3 Å². The van der Waals surface area contributed by atoms with E-state index in [4.69, 9.17) is 5.73 Å². The van der Waals surface area contributed by atoms with Gasteiger partial charge in [-0.2, -0.15) is 0 Å². The Bertz CT molecular complexity index is 524. The first kappa shape index (κ1) is 13.5. The van der Waals surface area contributed by atoms with E-state index in [-0.39, 0.29) is 28.7 Å². The predicted molar refractivity (Wildman–Crippen MR) is 66.3 cm³/mol. The molecule has 0 aliphatic carbocycles. The molecule has 0 unspecified atom stereocenters. The highest BCUT2D eigenvalue weighted by molar-refractivity contribution is 7.91. The number of amides is 1. The van der Waals surface area contributed by atoms with E-state index in [0.717, 1.165) is 0 Å². The zero-order valence-corrected chi connectivity index (χ0v) is 10.7. The molecular formula is C11H16N2O3S. The number of rotatable bonds is 4. The molecule has 3 N–H and O–H groups in total. The first-order valence-electron chi connectivity index (χ1n) is 5.17. The quantitative estimate of drug-likeness (QED) is 0.767. The highest BCUT2D eigenvalue weighted by Gasteiger charge is 2.19. The van der Waals surface area contributed by atoms with E-state index in [9.17, 15) is 13.2 Å². The lowest BCUT2D eigenvalue weighted by atomic mass is 10.2. The smallest absolute Gasteiger partial charge is 0.220 e. The number of carbonyl (C=O) groups is 1. The van der Waals surface area contributed by atoms with Gasteiger partial charge in [0.1, 0.15) is 0 Å². The molecule has 94 valence electrons. The standard InChI is InChI=1S/C11H16N2O3S/c1-8-4-3-5-9(11(8)12)17(15,16)7-6-10(14)13-2/h3-5H,6-7,12H2,1-2H3,(H,13,14). The predicted octanol–water partition coefficient (Wildman–Crippen LogP) is 0.487. The molecule has 0 heterocycles. The second-order valence-corrected chi connectivity index (χ2v) is 5.81. The molecule has 0 aliphatic heterocycles. The summed E-state index contributed by atoms with van der Waals surface area (Å²) < 4.78 is 23.9. The molecule has 17 heavy (non-hydrogen) atoms. The van der Waals surface area contributed by atoms with E-state index >= 15 is 0 Å². The van der Waals surface area contributed by atoms with Crippen LogP contribution in [0.25, 0.3) is 0 Å². The number of nitrogen functional groups attached to an aromatic ring is 1. The number of aryl methyl sites for hydroxylation is 1. The number of nitrogens with two attached hydrogens (primary N) is 1. The second kappa shape index (κ2) is 5.18. The molecule has 6 heteroatoms. The molecule has 0 aromatic heterocycles. The minimum absolute atomic E-state index is 0.0633. The van der Waals surface area contributed by atoms with Crippen LogP contribution in [0.1, 0.15) is 12.0 Å². The van der Waals surface area contributed by atoms with E-state index in [1.165, 1.54) is 13.1 Å². The molecule has 1 aromatic carbocycles. The fourth-order valence-electron chi connectivity index (χ4n) is 1.39. The molecule has 1 amide bonds. The number of hydrogen-bond acceptors (Lipinski definition) is 4. The lowest BCUT2D eigenvalue weighted by Gasteiger charge is -2.09. The highest BCUT2D eigenvalue weighted by atomic mass is 32.2. The van der Waals surface area contributed by atoms with Gasteiger partial charge < -0.3 is 11.1 Å². The lowest BCUT2D eigenvalue weighted by Crippen LogP contribution is -2.22. The Kier molecular flexibility index (Phi) is 4.11. The van der Waals surface area contributed by atoms with E-state index in [2.05, 4.69) is 5.32 Å². The number of benzene rings is 1. The van der Waals surface area contributed by atoms with Crippen LogP contribution in [0.15, 0.2) is 23.1 Å². The number of para-hydroxylation sites is 1. The molecule has 1 rings (SSSR count). The maximum absolute atomic E-state index is 12.0. The summed E-state index contributed by atoms with van der Waals surface area (Å²) >= 11 is 0. The molecule has 0 saturated carbocycles. The van der Waals surface area contributed by atoms with Crippen LogP contribution in [0.5, 0.6) is 0 Å². The summed E-state index contributed by atoms with van der Waals surface area (Å²) in [6.45, 7) is 1.74. The summed E-state index contributed by atoms with van der Waals surface area (Å²) in [5, 5.41) is 2.38. The molecule has 0 spiro atoms. The first-order valence-corrected chi connectivity index (χ1v) is 6.82. The monoisotopic (exact) mass is 256 g/mol. The van der Waals surface area contributed by atoms with Gasteiger partial charge in [0, 0.05) is 13.5 Å². The Morgan fingerprint density at radius 2 is 2.06 bits per heavy atom. The number of carbonyl (C=O) groups excluding carboxylic acids is 1. The van der Waals surface area contributed by atoms with Crippen LogP contribution in [0.2, 0.25) is 0 Å². The summed E-state index contributed by atoms with van der Waals surface area (Å²) in [6, 6.07) is 4.84. The van der Waals surface area contributed by atoms with Gasteiger partial charge in [0.05, 0.1) is 16.3 Å². The van der Waals surface area contributed by atoms with E-state index in [1.807, 2.05) is 0 Å². The normalized spacial score (nSPS) is 11.2. The van der Waals surface area contributed by atoms with Crippen molar-refractivity contribution in [2.75, 3.05) is 18.5 Å². The third-order valence-corrected chi connectivity index (χ3v) is 4.26. The van der Waals surface area contributed by atoms with Crippen LogP contribution in [0.3, 0.4) is 0 Å². The van der Waals surface area contributed by atoms with Crippen molar-refractivity contribution in [3.8, 4) is 0 Å². The Balaban J connectivity index is 2.98. The van der Waals surface area contributed by atoms with Gasteiger partial charge in [0.25, 0.3) is 0 Å². The third kappa shape index (κ3) is 3.20. The first-order chi connectivity index (χ1) is 7.88. The average Bonchev–Trinajstić information content (AvgIpc) is 2.29. The van der Waals surface area contributed by atoms with Gasteiger partial charge in [-0.05, 0) is 18.6 Å². The van der Waals surface area contributed by atoms with Gasteiger partial charge in [-0.25, -0.2) is 8.42 Å². The van der Waals surface area contributed by atoms with Crippen LogP contribution in [0.4, 0.5) is 5.69 Å². The second-order valence-electron chi connectivity index (χ2n) is 3.73. The zero-order valence-electron chi connectivity index (χ0n) is 9.86. The molecule has 0 atom stereocenters. The SMILES string of the molecule is CNC(=O)CCS(=O)(=O)c1cccc(C)c1N. The van der Waals surface area contributed by atoms with E-state index in [1.54, 1.807) is 19.1 Å². The van der Waals surface area contributed by atoms with Gasteiger partial charge in [-0.3, -0.25) is 4.79 Å². The van der Waals surface area contributed by atoms with Crippen molar-refractivity contribution < 1.29 is 13.2 Å². The van der Waals surface area contributed by atoms with Crippen molar-refractivity contribution >= 4 is 21.4 Å². The van der Waals surface area contributed by atoms with Gasteiger partial charge in [-0.1, -0.05) is 12.1 Å². The summed E-state index contributed by atoms with van der Waals surface area (Å²) in [4.78, 5) is 11.1. The van der Waals surface area contributed by atoms with Crippen LogP contribution in [-0.4, -0.2) is 27.1 Å². The maximum Gasteiger partial charge on any atom is 0.220 e. The summed E-state index contributed by atoms with van der Waals surface area (Å²) in [6.07, 6.45) is -0.0633. The average molecular weight is 256 g/mol. The van der Waals surface area contributed by atoms with Crippen molar-refractivity contribution in [2.45, 2.75) is 18.2 Å². The minimum atomic E-state index is -3.50. The van der Waals surface area contributed by atoms with Crippen molar-refractivity contribution in [2.24, 2.45) is 0 Å². The van der Waals surface area contributed by atoms with Crippen molar-refractivity contribution in [1.29, 1.82) is 0 Å². The molecule has 5 nitrogen and oxygen atoms in total. The number of anilines is 1. The zero-order chi connectivity index (χ0) is 13.1. The molecule has 0 saturated heterocycles. The van der Waals surface area contributed by atoms with Crippen molar-refractivity contribution in [3.63, 3.8) is 0 Å². The Hall–Kier alpha value is -1.56. The lowest BCUT2D eigenvalue weighted by molar-refractivity contribution is -0.120. The summed E-state index contributed by atoms with van der Waals surface area (Å²) in [5.74, 6) is -0.542. The fraction of sp³-hybridized carbons (Fsp3) is 0.364. The maximum atomic E-state index is 12.0. The largest absolute Gasteiger partial charge is 0.397 e. The van der Waals surface area contributed by atoms with Crippen LogP contribution < -0.4 is 11.1 Å². The molecule has 0 aliphatic rings. The summed E-state index contributed by atoms with van der Waals surface area (Å²) in [5.41, 5.74) is 6.70. The molecule has 1 aromatic rings. The van der Waals surface area contributed by atoms with Crippen LogP contribution >= 0.6 is 0 Å². The Morgan fingerprint density at radius 3 is 2.65 bits per heavy atom. The molecular weight excluding hydrogens is 240 g/mol. The number of sulfone groups is 1. The van der Waals surface area contributed by atoms with Gasteiger partial charge in [0.2, 0.25) is 5.91 Å². The van der Waals surface area contributed by atoms with Gasteiger partial charge in [-0.15, -0.1) is 0 Å². The highest BCUT2D eigenvalue weighted by Crippen LogP contribution is 2.23. The van der Waals surface area contributed by atoms with Gasteiger partial charge in [0.15, 0.2) is 9.84 Å². The number of hydrogen-bond donors (Lipinski definition) is 2. The molecule has 0 radical (unpaired) electrons. The van der Waals surface area contributed by atoms with E-state index in [0.29, 0.717) is 5.56 Å². The van der Waals surface area contributed by atoms with E-state index < -0.39 is 9.84 Å². The minimum Gasteiger partial charge on any atom is -0.397 e. The Morgan fingerprint density at radius 1 is 1.41 bits per heavy atom. The summed E-state index contributed by atoms with van der Waals surface area (Å²) in [7, 11) is -2.04. The molecule has 0 bridgehead atoms. The molecule has 0 fully saturated rings. The van der Waals surface area contributed by atoms with Crippen LogP contribution in [-0.2, 0) is 14.6 Å². The Labute approximate surface area is 101 Å². The van der Waals surface area contributed by atoms with Gasteiger partial charge >= 0.3 is 0 Å².